The highest BCUT2D eigenvalue weighted by Crippen LogP contribution is 2.41. The lowest BCUT2D eigenvalue weighted by molar-refractivity contribution is 0.0978. The number of rotatable bonds is 10. The van der Waals surface area contributed by atoms with Crippen LogP contribution in [0.25, 0.3) is 0 Å². The number of Topliss-reactive ketones (excluding diaryl/α,β-unsaturated/α-hetero) is 1. The molecule has 7 heteroatoms. The molecule has 0 aliphatic heterocycles. The topological polar surface area (TPSA) is 87.0 Å². The predicted molar refractivity (Wildman–Crippen MR) is 123 cm³/mol. The minimum Gasteiger partial charge on any atom is -0.493 e. The molecule has 3 aromatic carbocycles. The maximum absolute atomic E-state index is 13.3. The molecule has 0 fully saturated rings. The van der Waals surface area contributed by atoms with Crippen LogP contribution in [0.3, 0.4) is 0 Å². The average molecular weight is 447 g/mol. The van der Waals surface area contributed by atoms with Gasteiger partial charge in [0, 0.05) is 5.56 Å². The van der Waals surface area contributed by atoms with Gasteiger partial charge in [0.25, 0.3) is 0 Å². The third-order valence-corrected chi connectivity index (χ3v) is 5.10. The number of methoxy groups -OCH3 is 4. The molecule has 170 valence electrons. The molecule has 1 unspecified atom stereocenters. The van der Waals surface area contributed by atoms with E-state index in [-0.39, 0.29) is 5.78 Å². The molecule has 0 N–H and O–H groups in total. The Balaban J connectivity index is 1.94. The molecule has 0 saturated heterocycles. The van der Waals surface area contributed by atoms with Crippen LogP contribution in [0.5, 0.6) is 28.7 Å². The van der Waals surface area contributed by atoms with Crippen molar-refractivity contribution in [1.82, 2.24) is 0 Å². The van der Waals surface area contributed by atoms with Gasteiger partial charge < -0.3 is 23.7 Å². The molecule has 0 aliphatic carbocycles. The summed E-state index contributed by atoms with van der Waals surface area (Å²) in [5.41, 5.74) is 1.72. The van der Waals surface area contributed by atoms with E-state index in [0.29, 0.717) is 46.5 Å². The summed E-state index contributed by atoms with van der Waals surface area (Å²) < 4.78 is 27.3. The van der Waals surface area contributed by atoms with Gasteiger partial charge in [-0.2, -0.15) is 5.26 Å². The molecule has 1 atom stereocenters. The molecule has 0 heterocycles. The first-order valence-electron chi connectivity index (χ1n) is 10.1. The summed E-state index contributed by atoms with van der Waals surface area (Å²) in [6, 6.07) is 19.8. The highest BCUT2D eigenvalue weighted by Gasteiger charge is 2.26. The third kappa shape index (κ3) is 5.18. The van der Waals surface area contributed by atoms with Crippen molar-refractivity contribution in [1.29, 1.82) is 5.26 Å². The predicted octanol–water partition coefficient (Wildman–Crippen LogP) is 4.79. The Hall–Kier alpha value is -4.18. The Morgan fingerprint density at radius 1 is 0.818 bits per heavy atom. The van der Waals surface area contributed by atoms with Crippen molar-refractivity contribution in [3.63, 3.8) is 0 Å². The number of ether oxygens (including phenoxy) is 5. The number of benzene rings is 3. The van der Waals surface area contributed by atoms with Gasteiger partial charge >= 0.3 is 0 Å². The van der Waals surface area contributed by atoms with Crippen molar-refractivity contribution in [2.75, 3.05) is 28.4 Å². The van der Waals surface area contributed by atoms with E-state index in [1.807, 2.05) is 30.3 Å². The van der Waals surface area contributed by atoms with Crippen LogP contribution in [-0.2, 0) is 6.61 Å². The summed E-state index contributed by atoms with van der Waals surface area (Å²) in [5.74, 6) is 0.530. The first kappa shape index (κ1) is 23.5. The minimum absolute atomic E-state index is 0.309. The van der Waals surface area contributed by atoms with Gasteiger partial charge in [-0.05, 0) is 41.5 Å². The second-order valence-corrected chi connectivity index (χ2v) is 7.02. The van der Waals surface area contributed by atoms with E-state index < -0.39 is 5.92 Å². The van der Waals surface area contributed by atoms with E-state index in [9.17, 15) is 10.1 Å². The van der Waals surface area contributed by atoms with Crippen molar-refractivity contribution in [3.05, 3.63) is 77.4 Å². The summed E-state index contributed by atoms with van der Waals surface area (Å²) in [6.45, 7) is 0.309. The van der Waals surface area contributed by atoms with E-state index in [2.05, 4.69) is 6.07 Å². The van der Waals surface area contributed by atoms with Gasteiger partial charge in [-0.1, -0.05) is 30.3 Å². The Labute approximate surface area is 193 Å². The number of ketones is 1. The van der Waals surface area contributed by atoms with Crippen LogP contribution >= 0.6 is 0 Å². The molecule has 0 amide bonds. The second kappa shape index (κ2) is 10.9. The van der Waals surface area contributed by atoms with Gasteiger partial charge in [0.2, 0.25) is 5.75 Å². The fourth-order valence-electron chi connectivity index (χ4n) is 3.40. The van der Waals surface area contributed by atoms with Crippen molar-refractivity contribution >= 4 is 5.78 Å². The average Bonchev–Trinajstić information content (AvgIpc) is 2.87. The van der Waals surface area contributed by atoms with Gasteiger partial charge in [-0.15, -0.1) is 0 Å². The molecule has 0 spiro atoms. The molecular formula is C26H25NO6. The highest BCUT2D eigenvalue weighted by atomic mass is 16.5. The number of carbonyl (C=O) groups is 1. The zero-order valence-electron chi connectivity index (χ0n) is 19.0. The van der Waals surface area contributed by atoms with E-state index in [4.69, 9.17) is 23.7 Å². The first-order valence-corrected chi connectivity index (χ1v) is 10.1. The quantitative estimate of drug-likeness (QED) is 0.413. The van der Waals surface area contributed by atoms with Crippen LogP contribution < -0.4 is 23.7 Å². The van der Waals surface area contributed by atoms with Crippen LogP contribution in [-0.4, -0.2) is 34.2 Å². The van der Waals surface area contributed by atoms with Crippen LogP contribution in [0.15, 0.2) is 60.7 Å². The van der Waals surface area contributed by atoms with Gasteiger partial charge in [0.15, 0.2) is 28.8 Å². The zero-order valence-corrected chi connectivity index (χ0v) is 19.0. The smallest absolute Gasteiger partial charge is 0.203 e. The van der Waals surface area contributed by atoms with Gasteiger partial charge in [-0.25, -0.2) is 0 Å². The summed E-state index contributed by atoms with van der Waals surface area (Å²) in [6.07, 6.45) is 0. The minimum atomic E-state index is -1.09. The standard InChI is InChI=1S/C26H25NO6/c1-29-21-11-10-18(12-22(21)33-16-17-8-6-5-7-9-17)25(28)20(15-27)19-13-23(30-2)26(32-4)24(14-19)31-3/h5-14,20H,16H2,1-4H3. The molecule has 0 aliphatic rings. The largest absolute Gasteiger partial charge is 0.493 e. The van der Waals surface area contributed by atoms with Crippen LogP contribution in [0.1, 0.15) is 27.4 Å². The Kier molecular flexibility index (Phi) is 7.77. The molecule has 0 bridgehead atoms. The maximum Gasteiger partial charge on any atom is 0.203 e. The van der Waals surface area contributed by atoms with E-state index in [1.54, 1.807) is 30.3 Å². The molecule has 33 heavy (non-hydrogen) atoms. The molecule has 3 aromatic rings. The van der Waals surface area contributed by atoms with E-state index in [1.165, 1.54) is 28.4 Å². The Morgan fingerprint density at radius 2 is 1.45 bits per heavy atom. The van der Waals surface area contributed by atoms with Gasteiger partial charge in [-0.3, -0.25) is 4.79 Å². The molecule has 3 rings (SSSR count). The highest BCUT2D eigenvalue weighted by molar-refractivity contribution is 6.03. The normalized spacial score (nSPS) is 11.1. The fourth-order valence-corrected chi connectivity index (χ4v) is 3.40. The van der Waals surface area contributed by atoms with Crippen LogP contribution in [0.4, 0.5) is 0 Å². The van der Waals surface area contributed by atoms with E-state index >= 15 is 0 Å². The summed E-state index contributed by atoms with van der Waals surface area (Å²) in [5, 5.41) is 9.85. The summed E-state index contributed by atoms with van der Waals surface area (Å²) in [4.78, 5) is 13.3. The first-order chi connectivity index (χ1) is 16.1. The Bertz CT molecular complexity index is 1130. The Morgan fingerprint density at radius 3 is 2.00 bits per heavy atom. The lowest BCUT2D eigenvalue weighted by atomic mass is 9.91. The maximum atomic E-state index is 13.3. The number of nitriles is 1. The molecule has 0 radical (unpaired) electrons. The van der Waals surface area contributed by atoms with Crippen molar-refractivity contribution < 1.29 is 28.5 Å². The van der Waals surface area contributed by atoms with Crippen molar-refractivity contribution in [2.24, 2.45) is 0 Å². The molecular weight excluding hydrogens is 422 g/mol. The molecule has 0 aromatic heterocycles. The third-order valence-electron chi connectivity index (χ3n) is 5.10. The lowest BCUT2D eigenvalue weighted by Gasteiger charge is -2.17. The van der Waals surface area contributed by atoms with Crippen LogP contribution in [0, 0.1) is 11.3 Å². The van der Waals surface area contributed by atoms with E-state index in [0.717, 1.165) is 5.56 Å². The van der Waals surface area contributed by atoms with Crippen molar-refractivity contribution in [3.8, 4) is 34.8 Å². The molecule has 0 saturated carbocycles. The number of nitrogens with zero attached hydrogens (tertiary/aromatic N) is 1. The summed E-state index contributed by atoms with van der Waals surface area (Å²) >= 11 is 0. The molecule has 7 nitrogen and oxygen atoms in total. The lowest BCUT2D eigenvalue weighted by Crippen LogP contribution is -2.12. The second-order valence-electron chi connectivity index (χ2n) is 7.02. The zero-order chi connectivity index (χ0) is 23.8. The monoisotopic (exact) mass is 447 g/mol. The summed E-state index contributed by atoms with van der Waals surface area (Å²) in [7, 11) is 5.97. The van der Waals surface area contributed by atoms with Crippen molar-refractivity contribution in [2.45, 2.75) is 12.5 Å². The fraction of sp³-hybridized carbons (Fsp3) is 0.231. The number of carbonyl (C=O) groups excluding carboxylic acids is 1. The number of hydrogen-bond acceptors (Lipinski definition) is 7. The SMILES string of the molecule is COc1ccc(C(=O)C(C#N)c2cc(OC)c(OC)c(OC)c2)cc1OCc1ccccc1. The van der Waals surface area contributed by atoms with Gasteiger partial charge in [0.05, 0.1) is 34.5 Å². The van der Waals surface area contributed by atoms with Gasteiger partial charge in [0.1, 0.15) is 12.5 Å². The van der Waals surface area contributed by atoms with Crippen LogP contribution in [0.2, 0.25) is 0 Å². The number of hydrogen-bond donors (Lipinski definition) is 0.